The Bertz CT molecular complexity index is 996. The molecule has 0 radical (unpaired) electrons. The first-order valence-corrected chi connectivity index (χ1v) is 7.94. The van der Waals surface area contributed by atoms with Gasteiger partial charge in [0.2, 0.25) is 0 Å². The van der Waals surface area contributed by atoms with Crippen molar-refractivity contribution in [2.75, 3.05) is 5.32 Å². The van der Waals surface area contributed by atoms with Gasteiger partial charge in [-0.3, -0.25) is 4.57 Å². The Kier molecular flexibility index (Phi) is 3.62. The standard InChI is InChI=1S/C15H12BrN7O/c16-12-8-19-23-13(18-7-11-2-1-4-22(24)9-11)6-14(20-15(12)23)21-5-3-17-10-21/h1-6,8-10,18H,7H2. The maximum Gasteiger partial charge on any atom is 0.185 e. The summed E-state index contributed by atoms with van der Waals surface area (Å²) in [5.74, 6) is 1.48. The summed E-state index contributed by atoms with van der Waals surface area (Å²) < 4.78 is 5.10. The van der Waals surface area contributed by atoms with Crippen molar-refractivity contribution in [1.82, 2.24) is 24.1 Å². The fraction of sp³-hybridized carbons (Fsp3) is 0.0667. The number of pyridine rings is 1. The third-order valence-corrected chi connectivity index (χ3v) is 4.05. The smallest absolute Gasteiger partial charge is 0.185 e. The molecule has 0 atom stereocenters. The first-order valence-electron chi connectivity index (χ1n) is 7.15. The van der Waals surface area contributed by atoms with Crippen LogP contribution in [-0.4, -0.2) is 24.1 Å². The van der Waals surface area contributed by atoms with Crippen molar-refractivity contribution >= 4 is 27.4 Å². The lowest BCUT2D eigenvalue weighted by Crippen LogP contribution is -2.25. The molecule has 0 aromatic carbocycles. The van der Waals surface area contributed by atoms with E-state index in [0.29, 0.717) is 12.2 Å². The number of fused-ring (bicyclic) bond motifs is 1. The molecule has 120 valence electrons. The zero-order valence-electron chi connectivity index (χ0n) is 12.4. The monoisotopic (exact) mass is 385 g/mol. The van der Waals surface area contributed by atoms with Gasteiger partial charge in [-0.2, -0.15) is 14.3 Å². The average Bonchev–Trinajstić information content (AvgIpc) is 3.23. The number of hydrogen-bond acceptors (Lipinski definition) is 5. The summed E-state index contributed by atoms with van der Waals surface area (Å²) in [6.45, 7) is 0.489. The van der Waals surface area contributed by atoms with Gasteiger partial charge in [0.1, 0.15) is 18.0 Å². The zero-order chi connectivity index (χ0) is 16.5. The molecule has 0 aliphatic heterocycles. The van der Waals surface area contributed by atoms with E-state index in [2.05, 4.69) is 36.3 Å². The van der Waals surface area contributed by atoms with Gasteiger partial charge >= 0.3 is 0 Å². The number of hydrogen-bond donors (Lipinski definition) is 1. The first-order chi connectivity index (χ1) is 11.7. The molecule has 0 fully saturated rings. The summed E-state index contributed by atoms with van der Waals surface area (Å²) in [7, 11) is 0. The Morgan fingerprint density at radius 3 is 3.08 bits per heavy atom. The quantitative estimate of drug-likeness (QED) is 0.428. The van der Waals surface area contributed by atoms with Crippen LogP contribution in [0, 0.1) is 5.21 Å². The minimum atomic E-state index is 0.489. The second-order valence-electron chi connectivity index (χ2n) is 5.12. The Morgan fingerprint density at radius 2 is 2.29 bits per heavy atom. The van der Waals surface area contributed by atoms with Gasteiger partial charge < -0.3 is 10.5 Å². The molecule has 4 rings (SSSR count). The molecule has 0 unspecified atom stereocenters. The van der Waals surface area contributed by atoms with Crippen molar-refractivity contribution in [2.24, 2.45) is 0 Å². The highest BCUT2D eigenvalue weighted by Crippen LogP contribution is 2.22. The van der Waals surface area contributed by atoms with Crippen LogP contribution in [0.3, 0.4) is 0 Å². The van der Waals surface area contributed by atoms with Crippen LogP contribution in [-0.2, 0) is 6.54 Å². The summed E-state index contributed by atoms with van der Waals surface area (Å²) in [6, 6.07) is 5.48. The van der Waals surface area contributed by atoms with Crippen LogP contribution < -0.4 is 10.0 Å². The Labute approximate surface area is 145 Å². The Morgan fingerprint density at radius 1 is 1.38 bits per heavy atom. The Hall–Kier alpha value is -2.94. The van der Waals surface area contributed by atoms with Crippen molar-refractivity contribution in [3.05, 3.63) is 70.8 Å². The molecular weight excluding hydrogens is 374 g/mol. The van der Waals surface area contributed by atoms with Crippen LogP contribution in [0.15, 0.2) is 60.0 Å². The highest BCUT2D eigenvalue weighted by molar-refractivity contribution is 9.10. The summed E-state index contributed by atoms with van der Waals surface area (Å²) in [6.07, 6.45) is 9.88. The van der Waals surface area contributed by atoms with Crippen molar-refractivity contribution in [2.45, 2.75) is 6.54 Å². The van der Waals surface area contributed by atoms with Gasteiger partial charge in [0.05, 0.1) is 10.7 Å². The predicted molar refractivity (Wildman–Crippen MR) is 90.5 cm³/mol. The van der Waals surface area contributed by atoms with Gasteiger partial charge in [-0.25, -0.2) is 9.97 Å². The SMILES string of the molecule is [O-][n+]1cccc(CNc2cc(-n3ccnc3)nc3c(Br)cnn23)c1. The van der Waals surface area contributed by atoms with Gasteiger partial charge in [0.15, 0.2) is 18.0 Å². The van der Waals surface area contributed by atoms with Gasteiger partial charge in [-0.1, -0.05) is 0 Å². The molecule has 9 heteroatoms. The lowest BCUT2D eigenvalue weighted by atomic mass is 10.3. The number of imidazole rings is 1. The third-order valence-electron chi connectivity index (χ3n) is 3.49. The van der Waals surface area contributed by atoms with E-state index in [4.69, 9.17) is 0 Å². The van der Waals surface area contributed by atoms with Gasteiger partial charge in [-0.05, 0) is 22.0 Å². The zero-order valence-corrected chi connectivity index (χ0v) is 14.0. The molecule has 0 saturated carbocycles. The van der Waals surface area contributed by atoms with Crippen LogP contribution >= 0.6 is 15.9 Å². The number of anilines is 1. The van der Waals surface area contributed by atoms with Gasteiger partial charge in [0, 0.05) is 36.6 Å². The summed E-state index contributed by atoms with van der Waals surface area (Å²) in [5, 5.41) is 19.0. The molecule has 0 saturated heterocycles. The largest absolute Gasteiger partial charge is 0.619 e. The van der Waals surface area contributed by atoms with Crippen molar-refractivity contribution in [3.63, 3.8) is 0 Å². The van der Waals surface area contributed by atoms with Crippen molar-refractivity contribution < 1.29 is 4.73 Å². The van der Waals surface area contributed by atoms with E-state index < -0.39 is 0 Å². The molecule has 4 aromatic heterocycles. The molecule has 8 nitrogen and oxygen atoms in total. The van der Waals surface area contributed by atoms with Crippen LogP contribution in [0.1, 0.15) is 5.56 Å². The number of rotatable bonds is 4. The van der Waals surface area contributed by atoms with Crippen molar-refractivity contribution in [1.29, 1.82) is 0 Å². The number of nitrogens with one attached hydrogen (secondary N) is 1. The predicted octanol–water partition coefficient (Wildman–Crippen LogP) is 1.92. The average molecular weight is 386 g/mol. The molecule has 4 aromatic rings. The summed E-state index contributed by atoms with van der Waals surface area (Å²) in [5.41, 5.74) is 1.56. The highest BCUT2D eigenvalue weighted by atomic mass is 79.9. The number of aromatic nitrogens is 6. The van der Waals surface area contributed by atoms with E-state index in [-0.39, 0.29) is 0 Å². The molecule has 0 aliphatic rings. The first kappa shape index (κ1) is 14.6. The molecule has 1 N–H and O–H groups in total. The lowest BCUT2D eigenvalue weighted by molar-refractivity contribution is -0.605. The fourth-order valence-corrected chi connectivity index (χ4v) is 2.72. The van der Waals surface area contributed by atoms with Crippen LogP contribution in [0.4, 0.5) is 5.82 Å². The van der Waals surface area contributed by atoms with E-state index in [9.17, 15) is 5.21 Å². The number of halogens is 1. The molecule has 4 heterocycles. The highest BCUT2D eigenvalue weighted by Gasteiger charge is 2.11. The second kappa shape index (κ2) is 5.93. The molecule has 0 aliphatic carbocycles. The molecular formula is C15H12BrN7O. The fourth-order valence-electron chi connectivity index (χ4n) is 2.37. The van der Waals surface area contributed by atoms with Gasteiger partial charge in [-0.15, -0.1) is 0 Å². The molecule has 0 amide bonds. The van der Waals surface area contributed by atoms with E-state index in [1.165, 1.54) is 12.4 Å². The second-order valence-corrected chi connectivity index (χ2v) is 5.98. The van der Waals surface area contributed by atoms with E-state index in [1.54, 1.807) is 29.3 Å². The third kappa shape index (κ3) is 2.69. The normalized spacial score (nSPS) is 11.0. The molecule has 0 bridgehead atoms. The summed E-state index contributed by atoms with van der Waals surface area (Å²) >= 11 is 3.46. The van der Waals surface area contributed by atoms with Crippen molar-refractivity contribution in [3.8, 4) is 5.82 Å². The molecule has 0 spiro atoms. The van der Waals surface area contributed by atoms with Crippen LogP contribution in [0.2, 0.25) is 0 Å². The van der Waals surface area contributed by atoms with E-state index in [0.717, 1.165) is 26.4 Å². The van der Waals surface area contributed by atoms with Gasteiger partial charge in [0.25, 0.3) is 0 Å². The van der Waals surface area contributed by atoms with Crippen LogP contribution in [0.25, 0.3) is 11.5 Å². The maximum atomic E-state index is 11.4. The minimum absolute atomic E-state index is 0.489. The Balaban J connectivity index is 1.73. The minimum Gasteiger partial charge on any atom is -0.619 e. The van der Waals surface area contributed by atoms with Crippen LogP contribution in [0.5, 0.6) is 0 Å². The number of nitrogens with zero attached hydrogens (tertiary/aromatic N) is 6. The maximum absolute atomic E-state index is 11.4. The van der Waals surface area contributed by atoms with E-state index in [1.807, 2.05) is 22.9 Å². The topological polar surface area (TPSA) is 87.0 Å². The lowest BCUT2D eigenvalue weighted by Gasteiger charge is -2.11. The summed E-state index contributed by atoms with van der Waals surface area (Å²) in [4.78, 5) is 8.64. The van der Waals surface area contributed by atoms with E-state index >= 15 is 0 Å². The molecule has 24 heavy (non-hydrogen) atoms.